The van der Waals surface area contributed by atoms with Crippen LogP contribution in [0, 0.1) is 25.2 Å². The number of hydrogen-bond donors (Lipinski definition) is 0. The fourth-order valence-corrected chi connectivity index (χ4v) is 5.21. The second-order valence-electron chi connectivity index (χ2n) is 8.05. The molecular weight excluding hydrogens is 454 g/mol. The number of rotatable bonds is 8. The quantitative estimate of drug-likeness (QED) is 0.325. The molecule has 1 atom stereocenters. The average molecular weight is 482 g/mol. The van der Waals surface area contributed by atoms with E-state index in [-0.39, 0.29) is 11.3 Å². The Bertz CT molecular complexity index is 1280. The van der Waals surface area contributed by atoms with Crippen LogP contribution in [0.5, 0.6) is 0 Å². The third kappa shape index (κ3) is 5.64. The molecule has 1 aliphatic heterocycles. The number of ether oxygens (including phenoxy) is 1. The molecule has 9 heteroatoms. The fourth-order valence-electron chi connectivity index (χ4n) is 3.94. The molecule has 0 saturated heterocycles. The van der Waals surface area contributed by atoms with Gasteiger partial charge in [0.2, 0.25) is 0 Å². The number of anilines is 1. The van der Waals surface area contributed by atoms with Crippen molar-refractivity contribution in [2.24, 2.45) is 0 Å². The molecule has 1 aromatic heterocycles. The van der Waals surface area contributed by atoms with Crippen molar-refractivity contribution < 1.29 is 22.7 Å². The number of nitrogens with zero attached hydrogens (tertiary/aromatic N) is 3. The highest BCUT2D eigenvalue weighted by atomic mass is 32.2. The molecule has 34 heavy (non-hydrogen) atoms. The molecule has 0 spiro atoms. The lowest BCUT2D eigenvalue weighted by Crippen LogP contribution is -2.43. The smallest absolute Gasteiger partial charge is 0.349 e. The largest absolute Gasteiger partial charge is 0.451 e. The molecule has 1 aromatic carbocycles. The van der Waals surface area contributed by atoms with Crippen LogP contribution in [0.3, 0.4) is 0 Å². The molecule has 0 radical (unpaired) electrons. The van der Waals surface area contributed by atoms with Crippen molar-refractivity contribution in [1.29, 1.82) is 5.26 Å². The van der Waals surface area contributed by atoms with E-state index in [0.717, 1.165) is 35.3 Å². The van der Waals surface area contributed by atoms with Crippen molar-refractivity contribution in [2.45, 2.75) is 39.8 Å². The molecule has 1 unspecified atom stereocenters. The predicted octanol–water partition coefficient (Wildman–Crippen LogP) is 3.31. The number of esters is 1. The molecular formula is C25H27N3O5S. The second kappa shape index (κ2) is 10.5. The van der Waals surface area contributed by atoms with Gasteiger partial charge in [0.05, 0.1) is 11.8 Å². The maximum atomic E-state index is 13.0. The molecule has 3 rings (SSSR count). The highest BCUT2D eigenvalue weighted by molar-refractivity contribution is 7.94. The highest BCUT2D eigenvalue weighted by Crippen LogP contribution is 2.23. The number of aryl methyl sites for hydroxylation is 1. The SMILES string of the molecule is CCCn1c(C)cc(/C=C(\C#N)C(=O)OCC(=O)N(c2ccccc2)C2C=CS(=O)(=O)C2)c1C. The van der Waals surface area contributed by atoms with E-state index in [1.807, 2.05) is 26.0 Å². The standard InChI is InChI=1S/C25H27N3O5S/c1-4-11-27-18(2)13-20(19(27)3)14-21(15-26)25(30)33-16-24(29)28(22-8-6-5-7-9-22)23-10-12-34(31,32)17-23/h5-10,12-14,23H,4,11,16-17H2,1-3H3/b21-14+. The maximum Gasteiger partial charge on any atom is 0.349 e. The number of benzene rings is 1. The summed E-state index contributed by atoms with van der Waals surface area (Å²) in [4.78, 5) is 26.9. The number of carbonyl (C=O) groups excluding carboxylic acids is 2. The molecule has 8 nitrogen and oxygen atoms in total. The Morgan fingerprint density at radius 1 is 1.26 bits per heavy atom. The van der Waals surface area contributed by atoms with Crippen LogP contribution in [-0.4, -0.2) is 43.3 Å². The molecule has 0 bridgehead atoms. The molecule has 2 heterocycles. The van der Waals surface area contributed by atoms with E-state index in [1.54, 1.807) is 30.3 Å². The van der Waals surface area contributed by atoms with Crippen LogP contribution in [0.1, 0.15) is 30.3 Å². The van der Waals surface area contributed by atoms with Gasteiger partial charge in [-0.2, -0.15) is 5.26 Å². The van der Waals surface area contributed by atoms with Crippen molar-refractivity contribution in [1.82, 2.24) is 4.57 Å². The number of carbonyl (C=O) groups is 2. The minimum absolute atomic E-state index is 0.223. The summed E-state index contributed by atoms with van der Waals surface area (Å²) < 4.78 is 31.1. The lowest BCUT2D eigenvalue weighted by Gasteiger charge is -2.27. The number of aromatic nitrogens is 1. The maximum absolute atomic E-state index is 13.0. The van der Waals surface area contributed by atoms with Gasteiger partial charge in [-0.15, -0.1) is 0 Å². The van der Waals surface area contributed by atoms with Crippen LogP contribution in [-0.2, 0) is 30.7 Å². The Morgan fingerprint density at radius 2 is 1.97 bits per heavy atom. The first kappa shape index (κ1) is 25.0. The van der Waals surface area contributed by atoms with E-state index >= 15 is 0 Å². The van der Waals surface area contributed by atoms with Crippen molar-refractivity contribution in [3.8, 4) is 6.07 Å². The van der Waals surface area contributed by atoms with Crippen molar-refractivity contribution >= 4 is 33.5 Å². The average Bonchev–Trinajstić information content (AvgIpc) is 3.29. The van der Waals surface area contributed by atoms with Crippen LogP contribution in [0.25, 0.3) is 6.08 Å². The fraction of sp³-hybridized carbons (Fsp3) is 0.320. The van der Waals surface area contributed by atoms with Gasteiger partial charge in [-0.1, -0.05) is 25.1 Å². The van der Waals surface area contributed by atoms with E-state index in [1.165, 1.54) is 17.1 Å². The molecule has 0 N–H and O–H groups in total. The molecule has 0 aliphatic carbocycles. The first-order chi connectivity index (χ1) is 16.2. The van der Waals surface area contributed by atoms with Crippen molar-refractivity contribution in [3.05, 3.63) is 70.4 Å². The molecule has 0 fully saturated rings. The number of para-hydroxylation sites is 1. The van der Waals surface area contributed by atoms with Gasteiger partial charge in [-0.25, -0.2) is 13.2 Å². The number of amides is 1. The molecule has 178 valence electrons. The summed E-state index contributed by atoms with van der Waals surface area (Å²) in [6.07, 6.45) is 3.85. The van der Waals surface area contributed by atoms with Crippen LogP contribution in [0.15, 0.2) is 53.5 Å². The van der Waals surface area contributed by atoms with Gasteiger partial charge in [-0.3, -0.25) is 4.79 Å². The highest BCUT2D eigenvalue weighted by Gasteiger charge is 2.32. The molecule has 2 aromatic rings. The van der Waals surface area contributed by atoms with Gasteiger partial charge in [0.25, 0.3) is 5.91 Å². The zero-order valence-electron chi connectivity index (χ0n) is 19.4. The van der Waals surface area contributed by atoms with E-state index in [9.17, 15) is 23.3 Å². The van der Waals surface area contributed by atoms with E-state index < -0.39 is 34.4 Å². The number of nitriles is 1. The third-order valence-electron chi connectivity index (χ3n) is 5.57. The zero-order chi connectivity index (χ0) is 24.9. The monoisotopic (exact) mass is 481 g/mol. The van der Waals surface area contributed by atoms with Crippen molar-refractivity contribution in [3.63, 3.8) is 0 Å². The minimum atomic E-state index is -3.41. The van der Waals surface area contributed by atoms with E-state index in [4.69, 9.17) is 4.74 Å². The number of sulfone groups is 1. The second-order valence-corrected chi connectivity index (χ2v) is 9.98. The molecule has 1 amide bonds. The third-order valence-corrected chi connectivity index (χ3v) is 6.95. The van der Waals surface area contributed by atoms with Gasteiger partial charge < -0.3 is 14.2 Å². The topological polar surface area (TPSA) is 109 Å². The van der Waals surface area contributed by atoms with Crippen molar-refractivity contribution in [2.75, 3.05) is 17.3 Å². The summed E-state index contributed by atoms with van der Waals surface area (Å²) >= 11 is 0. The normalized spacial score (nSPS) is 16.8. The summed E-state index contributed by atoms with van der Waals surface area (Å²) in [6, 6.07) is 11.6. The lowest BCUT2D eigenvalue weighted by atomic mass is 10.1. The van der Waals surface area contributed by atoms with E-state index in [0.29, 0.717) is 5.69 Å². The Labute approximate surface area is 199 Å². The first-order valence-corrected chi connectivity index (χ1v) is 12.6. The zero-order valence-corrected chi connectivity index (χ0v) is 20.2. The Morgan fingerprint density at radius 3 is 2.56 bits per heavy atom. The van der Waals surface area contributed by atoms with Crippen LogP contribution in [0.2, 0.25) is 0 Å². The summed E-state index contributed by atoms with van der Waals surface area (Å²) in [6.45, 7) is 6.14. The Balaban J connectivity index is 1.77. The summed E-state index contributed by atoms with van der Waals surface area (Å²) in [5.41, 5.74) is 2.94. The Hall–Kier alpha value is -3.64. The van der Waals surface area contributed by atoms with Gasteiger partial charge in [-0.05, 0) is 56.2 Å². The van der Waals surface area contributed by atoms with Gasteiger partial charge in [0.1, 0.15) is 11.6 Å². The Kier molecular flexibility index (Phi) is 7.74. The van der Waals surface area contributed by atoms with Gasteiger partial charge >= 0.3 is 5.97 Å². The summed E-state index contributed by atoms with van der Waals surface area (Å²) in [7, 11) is -3.41. The first-order valence-electron chi connectivity index (χ1n) is 10.9. The minimum Gasteiger partial charge on any atom is -0.451 e. The molecule has 0 saturated carbocycles. The van der Waals surface area contributed by atoms with E-state index in [2.05, 4.69) is 11.5 Å². The summed E-state index contributed by atoms with van der Waals surface area (Å²) in [5.74, 6) is -1.76. The van der Waals surface area contributed by atoms with Crippen LogP contribution in [0.4, 0.5) is 5.69 Å². The molecule has 1 aliphatic rings. The lowest BCUT2D eigenvalue weighted by molar-refractivity contribution is -0.143. The van der Waals surface area contributed by atoms with Crippen LogP contribution < -0.4 is 4.90 Å². The summed E-state index contributed by atoms with van der Waals surface area (Å²) in [5, 5.41) is 10.6. The number of hydrogen-bond acceptors (Lipinski definition) is 6. The van der Waals surface area contributed by atoms with Gasteiger partial charge in [0.15, 0.2) is 16.4 Å². The predicted molar refractivity (Wildman–Crippen MR) is 129 cm³/mol. The van der Waals surface area contributed by atoms with Crippen LogP contribution >= 0.6 is 0 Å². The van der Waals surface area contributed by atoms with Gasteiger partial charge in [0, 0.05) is 29.0 Å².